The molecule has 0 unspecified atom stereocenters. The molecule has 4 N–H and O–H groups in total. The van der Waals surface area contributed by atoms with E-state index in [1.54, 1.807) is 11.3 Å². The van der Waals surface area contributed by atoms with Crippen LogP contribution in [0.3, 0.4) is 0 Å². The fourth-order valence-electron chi connectivity index (χ4n) is 1.79. The van der Waals surface area contributed by atoms with E-state index in [1.165, 1.54) is 0 Å². The number of rotatable bonds is 9. The Morgan fingerprint density at radius 2 is 1.65 bits per heavy atom. The molecule has 20 heavy (non-hydrogen) atoms. The van der Waals surface area contributed by atoms with Gasteiger partial charge in [0.2, 0.25) is 0 Å². The minimum absolute atomic E-state index is 0. The molecule has 1 aromatic rings. The standard InChI is InChI=1S/C13H19NO4S.ClH/c14-10-8-9(4-1-2-6-12(15)16)19-11(10)5-3-7-13(17)18;/h8H,1-7,14H2,(H,15,16)(H,17,18);1H. The van der Waals surface area contributed by atoms with Crippen LogP contribution in [0.1, 0.15) is 41.9 Å². The van der Waals surface area contributed by atoms with E-state index >= 15 is 0 Å². The first-order valence-corrected chi connectivity index (χ1v) is 7.11. The number of unbranched alkanes of at least 4 members (excludes halogenated alkanes) is 1. The Morgan fingerprint density at radius 3 is 2.25 bits per heavy atom. The topological polar surface area (TPSA) is 101 Å². The highest BCUT2D eigenvalue weighted by atomic mass is 35.5. The number of nitrogen functional groups attached to an aromatic ring is 1. The van der Waals surface area contributed by atoms with Gasteiger partial charge in [-0.2, -0.15) is 0 Å². The van der Waals surface area contributed by atoms with Crippen LogP contribution < -0.4 is 5.73 Å². The van der Waals surface area contributed by atoms with E-state index in [4.69, 9.17) is 15.9 Å². The molecule has 1 heterocycles. The highest BCUT2D eigenvalue weighted by molar-refractivity contribution is 7.12. The second-order valence-corrected chi connectivity index (χ2v) is 5.66. The highest BCUT2D eigenvalue weighted by Crippen LogP contribution is 2.27. The molecule has 0 aromatic carbocycles. The number of aryl methyl sites for hydroxylation is 2. The van der Waals surface area contributed by atoms with E-state index in [0.29, 0.717) is 19.3 Å². The van der Waals surface area contributed by atoms with Crippen molar-refractivity contribution in [3.8, 4) is 0 Å². The van der Waals surface area contributed by atoms with Gasteiger partial charge in [-0.05, 0) is 38.2 Å². The fourth-order valence-corrected chi connectivity index (χ4v) is 2.97. The van der Waals surface area contributed by atoms with Gasteiger partial charge < -0.3 is 15.9 Å². The first-order valence-electron chi connectivity index (χ1n) is 6.29. The van der Waals surface area contributed by atoms with Crippen LogP contribution in [0.15, 0.2) is 6.07 Å². The predicted molar refractivity (Wildman–Crippen MR) is 81.7 cm³/mol. The van der Waals surface area contributed by atoms with Gasteiger partial charge in [0.05, 0.1) is 0 Å². The number of hydrogen-bond donors (Lipinski definition) is 3. The molecular formula is C13H20ClNO4S. The minimum Gasteiger partial charge on any atom is -0.481 e. The normalized spacial score (nSPS) is 10.0. The van der Waals surface area contributed by atoms with Gasteiger partial charge in [0.1, 0.15) is 0 Å². The number of carboxylic acids is 2. The van der Waals surface area contributed by atoms with Crippen molar-refractivity contribution >= 4 is 41.4 Å². The number of halogens is 1. The van der Waals surface area contributed by atoms with Crippen LogP contribution in [-0.2, 0) is 22.4 Å². The molecular weight excluding hydrogens is 302 g/mol. The zero-order valence-corrected chi connectivity index (χ0v) is 12.8. The van der Waals surface area contributed by atoms with Gasteiger partial charge in [0, 0.05) is 28.3 Å². The molecule has 7 heteroatoms. The third-order valence-electron chi connectivity index (χ3n) is 2.75. The summed E-state index contributed by atoms with van der Waals surface area (Å²) in [5.41, 5.74) is 6.61. The van der Waals surface area contributed by atoms with Crippen molar-refractivity contribution in [2.24, 2.45) is 0 Å². The number of aliphatic carboxylic acids is 2. The lowest BCUT2D eigenvalue weighted by Crippen LogP contribution is -1.96. The average molecular weight is 322 g/mol. The SMILES string of the molecule is Cl.Nc1cc(CCCCC(=O)O)sc1CCCC(=O)O. The van der Waals surface area contributed by atoms with Gasteiger partial charge in [0.25, 0.3) is 0 Å². The number of carbonyl (C=O) groups is 2. The lowest BCUT2D eigenvalue weighted by molar-refractivity contribution is -0.138. The molecule has 0 fully saturated rings. The van der Waals surface area contributed by atoms with Crippen LogP contribution in [-0.4, -0.2) is 22.2 Å². The van der Waals surface area contributed by atoms with Gasteiger partial charge in [-0.3, -0.25) is 9.59 Å². The highest BCUT2D eigenvalue weighted by Gasteiger charge is 2.08. The van der Waals surface area contributed by atoms with Gasteiger partial charge in [-0.25, -0.2) is 0 Å². The minimum atomic E-state index is -0.788. The van der Waals surface area contributed by atoms with Crippen molar-refractivity contribution in [2.75, 3.05) is 5.73 Å². The van der Waals surface area contributed by atoms with E-state index in [9.17, 15) is 9.59 Å². The Bertz CT molecular complexity index is 448. The number of nitrogens with two attached hydrogens (primary N) is 1. The van der Waals surface area contributed by atoms with E-state index in [0.717, 1.165) is 28.3 Å². The van der Waals surface area contributed by atoms with Crippen LogP contribution in [0.5, 0.6) is 0 Å². The van der Waals surface area contributed by atoms with E-state index in [-0.39, 0.29) is 25.2 Å². The Morgan fingerprint density at radius 1 is 1.05 bits per heavy atom. The van der Waals surface area contributed by atoms with E-state index in [2.05, 4.69) is 0 Å². The quantitative estimate of drug-likeness (QED) is 0.607. The molecule has 0 aliphatic carbocycles. The molecule has 0 saturated heterocycles. The molecule has 0 aliphatic rings. The molecule has 0 atom stereocenters. The Labute approximate surface area is 128 Å². The van der Waals surface area contributed by atoms with Crippen molar-refractivity contribution in [3.63, 3.8) is 0 Å². The van der Waals surface area contributed by atoms with Crippen molar-refractivity contribution in [3.05, 3.63) is 15.8 Å². The van der Waals surface area contributed by atoms with Crippen LogP contribution in [0.25, 0.3) is 0 Å². The van der Waals surface area contributed by atoms with Crippen molar-refractivity contribution in [1.29, 1.82) is 0 Å². The lowest BCUT2D eigenvalue weighted by Gasteiger charge is -1.97. The molecule has 0 bridgehead atoms. The maximum absolute atomic E-state index is 10.4. The predicted octanol–water partition coefficient (Wildman–Crippen LogP) is 2.96. The first-order chi connectivity index (χ1) is 8.99. The lowest BCUT2D eigenvalue weighted by atomic mass is 10.1. The molecule has 1 aromatic heterocycles. The largest absolute Gasteiger partial charge is 0.481 e. The Balaban J connectivity index is 0.00000361. The third-order valence-corrected chi connectivity index (χ3v) is 4.02. The zero-order chi connectivity index (χ0) is 14.3. The van der Waals surface area contributed by atoms with Crippen LogP contribution in [0.2, 0.25) is 0 Å². The molecule has 5 nitrogen and oxygen atoms in total. The summed E-state index contributed by atoms with van der Waals surface area (Å²) >= 11 is 1.60. The summed E-state index contributed by atoms with van der Waals surface area (Å²) in [7, 11) is 0. The number of hydrogen-bond acceptors (Lipinski definition) is 4. The number of carboxylic acid groups (broad SMARTS) is 2. The summed E-state index contributed by atoms with van der Waals surface area (Å²) in [6, 6.07) is 1.92. The summed E-state index contributed by atoms with van der Waals surface area (Å²) in [6.45, 7) is 0. The fraction of sp³-hybridized carbons (Fsp3) is 0.538. The Kier molecular flexibility index (Phi) is 9.00. The molecule has 0 radical (unpaired) electrons. The van der Waals surface area contributed by atoms with Gasteiger partial charge in [0.15, 0.2) is 0 Å². The summed E-state index contributed by atoms with van der Waals surface area (Å²) < 4.78 is 0. The van der Waals surface area contributed by atoms with E-state index < -0.39 is 11.9 Å². The monoisotopic (exact) mass is 321 g/mol. The molecule has 0 saturated carbocycles. The molecule has 0 amide bonds. The summed E-state index contributed by atoms with van der Waals surface area (Å²) in [5, 5.41) is 17.1. The first kappa shape index (κ1) is 18.7. The second kappa shape index (κ2) is 9.61. The van der Waals surface area contributed by atoms with Gasteiger partial charge in [-0.1, -0.05) is 0 Å². The van der Waals surface area contributed by atoms with Crippen molar-refractivity contribution in [2.45, 2.75) is 44.9 Å². The smallest absolute Gasteiger partial charge is 0.303 e. The second-order valence-electron chi connectivity index (χ2n) is 4.44. The molecule has 1 rings (SSSR count). The molecule has 114 valence electrons. The van der Waals surface area contributed by atoms with Crippen LogP contribution in [0, 0.1) is 0 Å². The average Bonchev–Trinajstić information content (AvgIpc) is 2.65. The number of thiophene rings is 1. The Hall–Kier alpha value is -1.27. The van der Waals surface area contributed by atoms with Gasteiger partial charge >= 0.3 is 11.9 Å². The van der Waals surface area contributed by atoms with Gasteiger partial charge in [-0.15, -0.1) is 23.7 Å². The maximum atomic E-state index is 10.4. The maximum Gasteiger partial charge on any atom is 0.303 e. The molecule has 0 aliphatic heterocycles. The third kappa shape index (κ3) is 7.35. The van der Waals surface area contributed by atoms with Crippen LogP contribution >= 0.6 is 23.7 Å². The molecule has 0 spiro atoms. The van der Waals surface area contributed by atoms with Crippen molar-refractivity contribution < 1.29 is 19.8 Å². The summed E-state index contributed by atoms with van der Waals surface area (Å²) in [5.74, 6) is -1.55. The zero-order valence-electron chi connectivity index (χ0n) is 11.1. The van der Waals surface area contributed by atoms with Crippen LogP contribution in [0.4, 0.5) is 5.69 Å². The summed E-state index contributed by atoms with van der Waals surface area (Å²) in [4.78, 5) is 23.0. The number of anilines is 1. The van der Waals surface area contributed by atoms with Crippen molar-refractivity contribution in [1.82, 2.24) is 0 Å². The summed E-state index contributed by atoms with van der Waals surface area (Å²) in [6.07, 6.45) is 3.98. The van der Waals surface area contributed by atoms with E-state index in [1.807, 2.05) is 6.07 Å².